The molecule has 4 aromatic carbocycles. The van der Waals surface area contributed by atoms with E-state index in [1.807, 2.05) is 0 Å². The first-order valence-corrected chi connectivity index (χ1v) is 19.3. The van der Waals surface area contributed by atoms with Crippen LogP contribution in [-0.4, -0.2) is 0 Å². The van der Waals surface area contributed by atoms with E-state index in [0.717, 1.165) is 0 Å². The van der Waals surface area contributed by atoms with E-state index in [0.29, 0.717) is 0 Å². The molecule has 0 saturated carbocycles. The molecule has 0 amide bonds. The molecule has 0 atom stereocenters. The summed E-state index contributed by atoms with van der Waals surface area (Å²) in [5.41, 5.74) is 6.27. The molecule has 0 radical (unpaired) electrons. The Morgan fingerprint density at radius 2 is 0.488 bits per heavy atom. The molecular formula is C40H52V. The molecule has 0 heterocycles. The van der Waals surface area contributed by atoms with Gasteiger partial charge in [-0.3, -0.25) is 0 Å². The van der Waals surface area contributed by atoms with Crippen molar-refractivity contribution < 1.29 is 14.0 Å². The van der Waals surface area contributed by atoms with E-state index in [1.54, 1.807) is 0 Å². The topological polar surface area (TPSA) is 0 Å². The van der Waals surface area contributed by atoms with Crippen molar-refractivity contribution in [3.8, 4) is 0 Å². The maximum absolute atomic E-state index is 2.57. The first-order chi connectivity index (χ1) is 19.2. The summed E-state index contributed by atoms with van der Waals surface area (Å²) in [6.07, 6.45) is 0. The van der Waals surface area contributed by atoms with Gasteiger partial charge in [-0.15, -0.1) is 0 Å². The Balaban J connectivity index is 1.90. The summed E-state index contributed by atoms with van der Waals surface area (Å²) >= 11 is -2.57. The third-order valence-electron chi connectivity index (χ3n) is 9.14. The second-order valence-corrected chi connectivity index (χ2v) is 21.1. The van der Waals surface area contributed by atoms with Crippen LogP contribution < -0.4 is 0 Å². The van der Waals surface area contributed by atoms with Crippen LogP contribution in [-0.2, 0) is 35.7 Å². The van der Waals surface area contributed by atoms with Crippen LogP contribution >= 0.6 is 0 Å². The van der Waals surface area contributed by atoms with Crippen molar-refractivity contribution in [2.24, 2.45) is 0 Å². The van der Waals surface area contributed by atoms with Crippen molar-refractivity contribution in [3.05, 3.63) is 144 Å². The van der Waals surface area contributed by atoms with Crippen LogP contribution in [0, 0.1) is 0 Å². The van der Waals surface area contributed by atoms with Gasteiger partial charge in [0.05, 0.1) is 0 Å². The number of benzene rings is 4. The second kappa shape index (κ2) is 12.4. The summed E-state index contributed by atoms with van der Waals surface area (Å²) < 4.78 is 0. The molecule has 0 saturated heterocycles. The third-order valence-corrected chi connectivity index (χ3v) is 18.3. The normalized spacial score (nSPS) is 13.3. The molecule has 0 fully saturated rings. The molecule has 4 rings (SSSR count). The number of hydrogen-bond acceptors (Lipinski definition) is 0. The Morgan fingerprint density at radius 1 is 0.317 bits per heavy atom. The van der Waals surface area contributed by atoms with Crippen LogP contribution in [0.3, 0.4) is 0 Å². The Bertz CT molecular complexity index is 1130. The van der Waals surface area contributed by atoms with Gasteiger partial charge in [-0.1, -0.05) is 0 Å². The maximum atomic E-state index is 2.51. The fourth-order valence-electron chi connectivity index (χ4n) is 7.61. The minimum atomic E-state index is -2.57. The van der Waals surface area contributed by atoms with E-state index in [2.05, 4.69) is 177 Å². The molecule has 0 aromatic heterocycles. The fraction of sp³-hybridized carbons (Fsp3) is 0.400. The van der Waals surface area contributed by atoms with E-state index in [9.17, 15) is 0 Å². The molecule has 0 aliphatic carbocycles. The molecule has 217 valence electrons. The average Bonchev–Trinajstić information content (AvgIpc) is 2.94. The van der Waals surface area contributed by atoms with Gasteiger partial charge >= 0.3 is 255 Å². The molecule has 0 aliphatic rings. The van der Waals surface area contributed by atoms with Crippen LogP contribution in [0.2, 0.25) is 20.5 Å². The SMILES string of the molecule is CC(C)([CH2][V]([CH2]C(C)(C)c1ccccc1)([CH2]C(C)(C)c1ccccc1)[CH2]C(C)(C)c1ccccc1)c1ccccc1. The van der Waals surface area contributed by atoms with Gasteiger partial charge in [-0.05, 0) is 0 Å². The molecule has 41 heavy (non-hydrogen) atoms. The van der Waals surface area contributed by atoms with E-state index >= 15 is 0 Å². The van der Waals surface area contributed by atoms with Gasteiger partial charge in [0, 0.05) is 0 Å². The quantitative estimate of drug-likeness (QED) is 0.156. The van der Waals surface area contributed by atoms with E-state index in [4.69, 9.17) is 0 Å². The zero-order valence-electron chi connectivity index (χ0n) is 26.8. The van der Waals surface area contributed by atoms with Crippen LogP contribution in [0.4, 0.5) is 0 Å². The second-order valence-electron chi connectivity index (χ2n) is 15.0. The summed E-state index contributed by atoms with van der Waals surface area (Å²) in [6.45, 7) is 20.1. The van der Waals surface area contributed by atoms with E-state index in [1.165, 1.54) is 42.8 Å². The van der Waals surface area contributed by atoms with Crippen molar-refractivity contribution >= 4 is 0 Å². The standard InChI is InChI=1S/4C10H13.V/c4*1-10(2,3)9-7-5-4-6-8-9;/h4*4-8H,1H2,2-3H3;. The third kappa shape index (κ3) is 7.85. The fourth-order valence-corrected chi connectivity index (χ4v) is 20.3. The average molecular weight is 584 g/mol. The van der Waals surface area contributed by atoms with Crippen LogP contribution in [0.15, 0.2) is 121 Å². The van der Waals surface area contributed by atoms with Crippen LogP contribution in [0.25, 0.3) is 0 Å². The predicted molar refractivity (Wildman–Crippen MR) is 177 cm³/mol. The summed E-state index contributed by atoms with van der Waals surface area (Å²) in [4.78, 5) is 0. The monoisotopic (exact) mass is 583 g/mol. The van der Waals surface area contributed by atoms with Gasteiger partial charge in [0.2, 0.25) is 0 Å². The van der Waals surface area contributed by atoms with Gasteiger partial charge in [-0.25, -0.2) is 0 Å². The van der Waals surface area contributed by atoms with E-state index in [-0.39, 0.29) is 21.7 Å². The molecule has 4 aromatic rings. The van der Waals surface area contributed by atoms with E-state index < -0.39 is 14.0 Å². The summed E-state index contributed by atoms with van der Waals surface area (Å²) in [5, 5.41) is 5.16. The molecule has 0 unspecified atom stereocenters. The number of hydrogen-bond donors (Lipinski definition) is 0. The van der Waals surface area contributed by atoms with Gasteiger partial charge in [0.15, 0.2) is 0 Å². The first kappa shape index (κ1) is 31.4. The molecule has 0 aliphatic heterocycles. The molecular weight excluding hydrogens is 531 g/mol. The van der Waals surface area contributed by atoms with Gasteiger partial charge in [-0.2, -0.15) is 0 Å². The Hall–Kier alpha value is -2.54. The van der Waals surface area contributed by atoms with Crippen molar-refractivity contribution in [2.45, 2.75) is 97.6 Å². The zero-order chi connectivity index (χ0) is 29.8. The van der Waals surface area contributed by atoms with Crippen molar-refractivity contribution in [1.29, 1.82) is 0 Å². The van der Waals surface area contributed by atoms with Gasteiger partial charge < -0.3 is 0 Å². The number of rotatable bonds is 12. The molecule has 0 spiro atoms. The van der Waals surface area contributed by atoms with Crippen molar-refractivity contribution in [3.63, 3.8) is 0 Å². The van der Waals surface area contributed by atoms with Crippen LogP contribution in [0.5, 0.6) is 0 Å². The predicted octanol–water partition coefficient (Wildman–Crippen LogP) is 11.7. The van der Waals surface area contributed by atoms with Crippen molar-refractivity contribution in [2.75, 3.05) is 0 Å². The zero-order valence-corrected chi connectivity index (χ0v) is 28.2. The molecule has 0 nitrogen and oxygen atoms in total. The van der Waals surface area contributed by atoms with Gasteiger partial charge in [0.1, 0.15) is 0 Å². The Morgan fingerprint density at radius 3 is 0.659 bits per heavy atom. The Labute approximate surface area is 254 Å². The minimum absolute atomic E-state index is 0.0978. The van der Waals surface area contributed by atoms with Crippen molar-refractivity contribution in [1.82, 2.24) is 0 Å². The summed E-state index contributed by atoms with van der Waals surface area (Å²) in [6, 6.07) is 45.3. The van der Waals surface area contributed by atoms with Crippen LogP contribution in [0.1, 0.15) is 77.6 Å². The molecule has 0 bridgehead atoms. The molecule has 0 N–H and O–H groups in total. The summed E-state index contributed by atoms with van der Waals surface area (Å²) in [5.74, 6) is 0. The first-order valence-electron chi connectivity index (χ1n) is 15.3. The Kier molecular flexibility index (Phi) is 9.47. The molecule has 1 heteroatoms. The summed E-state index contributed by atoms with van der Waals surface area (Å²) in [7, 11) is 0. The van der Waals surface area contributed by atoms with Gasteiger partial charge in [0.25, 0.3) is 0 Å².